The first-order valence-electron chi connectivity index (χ1n) is 13.6. The van der Waals surface area contributed by atoms with Gasteiger partial charge in [-0.05, 0) is 59.0 Å². The molecule has 0 heterocycles. The summed E-state index contributed by atoms with van der Waals surface area (Å²) < 4.78 is 0. The maximum absolute atomic E-state index is 10.4. The molecule has 0 radical (unpaired) electrons. The van der Waals surface area contributed by atoms with Crippen LogP contribution in [0, 0.1) is 0 Å². The van der Waals surface area contributed by atoms with Crippen molar-refractivity contribution in [1.29, 1.82) is 0 Å². The van der Waals surface area contributed by atoms with Crippen molar-refractivity contribution in [2.24, 2.45) is 0 Å². The van der Waals surface area contributed by atoms with Gasteiger partial charge in [0.15, 0.2) is 0 Å². The minimum Gasteiger partial charge on any atom is -0.481 e. The lowest BCUT2D eigenvalue weighted by molar-refractivity contribution is -0.137. The van der Waals surface area contributed by atoms with Crippen LogP contribution in [-0.2, 0) is 4.79 Å². The van der Waals surface area contributed by atoms with E-state index < -0.39 is 5.97 Å². The number of nitrogens with zero attached hydrogens (tertiary/aromatic N) is 1. The highest BCUT2D eigenvalue weighted by Crippen LogP contribution is 2.17. The van der Waals surface area contributed by atoms with E-state index in [9.17, 15) is 4.79 Å². The van der Waals surface area contributed by atoms with Crippen LogP contribution in [0.2, 0.25) is 0 Å². The monoisotopic (exact) mass is 437 g/mol. The SMILES string of the molecule is CCCCCCCCCC(CCCCCCC=CCCCCCCCC(=O)O)N(C)C. The maximum Gasteiger partial charge on any atom is 0.303 e. The molecule has 0 aromatic carbocycles. The molecule has 1 N–H and O–H groups in total. The summed E-state index contributed by atoms with van der Waals surface area (Å²) in [5.74, 6) is -0.663. The fourth-order valence-corrected chi connectivity index (χ4v) is 4.30. The van der Waals surface area contributed by atoms with Crippen LogP contribution in [0.1, 0.15) is 142 Å². The Morgan fingerprint density at radius 1 is 0.677 bits per heavy atom. The van der Waals surface area contributed by atoms with Crippen molar-refractivity contribution in [2.45, 2.75) is 148 Å². The summed E-state index contributed by atoms with van der Waals surface area (Å²) in [6.45, 7) is 2.29. The Morgan fingerprint density at radius 3 is 1.55 bits per heavy atom. The Labute approximate surface area is 195 Å². The Balaban J connectivity index is 3.47. The molecule has 0 rings (SSSR count). The number of hydrogen-bond donors (Lipinski definition) is 1. The van der Waals surface area contributed by atoms with Crippen molar-refractivity contribution in [3.63, 3.8) is 0 Å². The molecule has 3 nitrogen and oxygen atoms in total. The van der Waals surface area contributed by atoms with Gasteiger partial charge in [-0.15, -0.1) is 0 Å². The number of hydrogen-bond acceptors (Lipinski definition) is 2. The first-order chi connectivity index (χ1) is 15.1. The molecule has 184 valence electrons. The summed E-state index contributed by atoms with van der Waals surface area (Å²) in [6.07, 6.45) is 31.1. The van der Waals surface area contributed by atoms with Crippen LogP contribution in [0.5, 0.6) is 0 Å². The molecule has 0 aliphatic rings. The van der Waals surface area contributed by atoms with Crippen LogP contribution >= 0.6 is 0 Å². The molecule has 0 aliphatic carbocycles. The lowest BCUT2D eigenvalue weighted by atomic mass is 9.99. The third kappa shape index (κ3) is 23.7. The second-order valence-electron chi connectivity index (χ2n) is 9.69. The minimum atomic E-state index is -0.663. The molecule has 0 spiro atoms. The normalized spacial score (nSPS) is 12.8. The summed E-state index contributed by atoms with van der Waals surface area (Å²) in [5, 5.41) is 8.61. The van der Waals surface area contributed by atoms with Gasteiger partial charge in [0, 0.05) is 12.5 Å². The predicted molar refractivity (Wildman–Crippen MR) is 137 cm³/mol. The molecular formula is C28H55NO2. The van der Waals surface area contributed by atoms with E-state index in [0.29, 0.717) is 6.42 Å². The smallest absolute Gasteiger partial charge is 0.303 e. The number of allylic oxidation sites excluding steroid dienone is 2. The second-order valence-corrected chi connectivity index (χ2v) is 9.69. The van der Waals surface area contributed by atoms with Gasteiger partial charge in [-0.3, -0.25) is 4.79 Å². The summed E-state index contributed by atoms with van der Waals surface area (Å²) in [6, 6.07) is 0.777. The number of aliphatic carboxylic acids is 1. The van der Waals surface area contributed by atoms with Gasteiger partial charge in [0.1, 0.15) is 0 Å². The summed E-state index contributed by atoms with van der Waals surface area (Å²) in [4.78, 5) is 12.9. The lowest BCUT2D eigenvalue weighted by Gasteiger charge is -2.24. The van der Waals surface area contributed by atoms with Gasteiger partial charge < -0.3 is 10.0 Å². The highest BCUT2D eigenvalue weighted by molar-refractivity contribution is 5.66. The number of carbonyl (C=O) groups is 1. The summed E-state index contributed by atoms with van der Waals surface area (Å²) in [5.41, 5.74) is 0. The fraction of sp³-hybridized carbons (Fsp3) is 0.893. The molecule has 0 saturated heterocycles. The number of carboxylic acids is 1. The average Bonchev–Trinajstić information content (AvgIpc) is 2.73. The van der Waals surface area contributed by atoms with Crippen LogP contribution in [-0.4, -0.2) is 36.1 Å². The Bertz CT molecular complexity index is 406. The lowest BCUT2D eigenvalue weighted by Crippen LogP contribution is -2.27. The largest absolute Gasteiger partial charge is 0.481 e. The van der Waals surface area contributed by atoms with Crippen LogP contribution in [0.25, 0.3) is 0 Å². The molecule has 0 aromatic rings. The zero-order valence-electron chi connectivity index (χ0n) is 21.4. The van der Waals surface area contributed by atoms with E-state index >= 15 is 0 Å². The molecule has 31 heavy (non-hydrogen) atoms. The van der Waals surface area contributed by atoms with E-state index in [2.05, 4.69) is 38.1 Å². The van der Waals surface area contributed by atoms with Crippen LogP contribution < -0.4 is 0 Å². The minimum absolute atomic E-state index is 0.328. The van der Waals surface area contributed by atoms with Gasteiger partial charge in [-0.2, -0.15) is 0 Å². The number of unbranched alkanes of at least 4 members (excludes halogenated alkanes) is 15. The van der Waals surface area contributed by atoms with Crippen molar-refractivity contribution in [1.82, 2.24) is 4.90 Å². The zero-order chi connectivity index (χ0) is 23.0. The van der Waals surface area contributed by atoms with Crippen LogP contribution in [0.3, 0.4) is 0 Å². The molecule has 3 heteroatoms. The van der Waals surface area contributed by atoms with Gasteiger partial charge in [0.25, 0.3) is 0 Å². The molecule has 0 saturated carbocycles. The highest BCUT2D eigenvalue weighted by Gasteiger charge is 2.10. The fourth-order valence-electron chi connectivity index (χ4n) is 4.30. The van der Waals surface area contributed by atoms with E-state index in [1.54, 1.807) is 0 Å². The summed E-state index contributed by atoms with van der Waals surface area (Å²) >= 11 is 0. The van der Waals surface area contributed by atoms with Crippen molar-refractivity contribution in [3.8, 4) is 0 Å². The molecule has 0 bridgehead atoms. The quantitative estimate of drug-likeness (QED) is 0.121. The molecule has 0 aromatic heterocycles. The van der Waals surface area contributed by atoms with Gasteiger partial charge in [-0.1, -0.05) is 103 Å². The van der Waals surface area contributed by atoms with E-state index in [4.69, 9.17) is 5.11 Å². The second kappa shape index (κ2) is 23.8. The molecule has 0 fully saturated rings. The van der Waals surface area contributed by atoms with Gasteiger partial charge in [0.05, 0.1) is 0 Å². The predicted octanol–water partition coefficient (Wildman–Crippen LogP) is 8.77. The van der Waals surface area contributed by atoms with E-state index in [0.717, 1.165) is 18.9 Å². The van der Waals surface area contributed by atoms with E-state index in [-0.39, 0.29) is 0 Å². The number of carboxylic acid groups (broad SMARTS) is 1. The van der Waals surface area contributed by atoms with E-state index in [1.807, 2.05) is 0 Å². The zero-order valence-corrected chi connectivity index (χ0v) is 21.4. The van der Waals surface area contributed by atoms with Crippen LogP contribution in [0.15, 0.2) is 12.2 Å². The average molecular weight is 438 g/mol. The molecule has 0 aliphatic heterocycles. The van der Waals surface area contributed by atoms with Crippen molar-refractivity contribution < 1.29 is 9.90 Å². The molecular weight excluding hydrogens is 382 g/mol. The Hall–Kier alpha value is -0.830. The molecule has 1 unspecified atom stereocenters. The third-order valence-corrected chi connectivity index (χ3v) is 6.46. The van der Waals surface area contributed by atoms with Gasteiger partial charge in [-0.25, -0.2) is 0 Å². The highest BCUT2D eigenvalue weighted by atomic mass is 16.4. The van der Waals surface area contributed by atoms with Crippen LogP contribution in [0.4, 0.5) is 0 Å². The van der Waals surface area contributed by atoms with E-state index in [1.165, 1.54) is 116 Å². The first-order valence-corrected chi connectivity index (χ1v) is 13.6. The Morgan fingerprint density at radius 2 is 1.10 bits per heavy atom. The van der Waals surface area contributed by atoms with Gasteiger partial charge in [0.2, 0.25) is 0 Å². The third-order valence-electron chi connectivity index (χ3n) is 6.46. The number of rotatable bonds is 24. The summed E-state index contributed by atoms with van der Waals surface area (Å²) in [7, 11) is 4.51. The topological polar surface area (TPSA) is 40.5 Å². The van der Waals surface area contributed by atoms with Crippen molar-refractivity contribution >= 4 is 5.97 Å². The van der Waals surface area contributed by atoms with Crippen molar-refractivity contribution in [3.05, 3.63) is 12.2 Å². The van der Waals surface area contributed by atoms with Crippen molar-refractivity contribution in [2.75, 3.05) is 14.1 Å². The molecule has 0 amide bonds. The standard InChI is InChI=1S/C28H55NO2/c1-4-5-6-7-15-18-21-24-27(29(2)3)25-22-19-16-13-11-9-8-10-12-14-17-20-23-26-28(30)31/h8-9,27H,4-7,10-26H2,1-3H3,(H,30,31). The maximum atomic E-state index is 10.4. The first kappa shape index (κ1) is 30.2. The molecule has 1 atom stereocenters. The Kier molecular flexibility index (Phi) is 23.2. The van der Waals surface area contributed by atoms with Gasteiger partial charge >= 0.3 is 5.97 Å².